The summed E-state index contributed by atoms with van der Waals surface area (Å²) in [6.07, 6.45) is 0. The van der Waals surface area contributed by atoms with E-state index in [0.29, 0.717) is 0 Å². The van der Waals surface area contributed by atoms with Crippen molar-refractivity contribution in [2.24, 2.45) is 0 Å². The van der Waals surface area contributed by atoms with Crippen LogP contribution in [0.2, 0.25) is 0 Å². The number of nitrogens with zero attached hydrogens (tertiary/aromatic N) is 1. The van der Waals surface area contributed by atoms with E-state index in [1.807, 2.05) is 12.1 Å². The molecular weight excluding hydrogens is 234 g/mol. The molecule has 0 atom stereocenters. The Balaban J connectivity index is 1.98. The van der Waals surface area contributed by atoms with Crippen LogP contribution in [-0.2, 0) is 6.54 Å². The van der Waals surface area contributed by atoms with Gasteiger partial charge in [0.2, 0.25) is 0 Å². The molecule has 0 aliphatic carbocycles. The molecule has 0 amide bonds. The first-order valence-corrected chi connectivity index (χ1v) is 6.46. The van der Waals surface area contributed by atoms with Crippen LogP contribution >= 0.6 is 0 Å². The first-order chi connectivity index (χ1) is 9.28. The van der Waals surface area contributed by atoms with E-state index in [0.717, 1.165) is 12.3 Å². The van der Waals surface area contributed by atoms with E-state index in [9.17, 15) is 0 Å². The molecule has 0 bridgehead atoms. The summed E-state index contributed by atoms with van der Waals surface area (Å²) in [6, 6.07) is 19.0. The average molecular weight is 251 g/mol. The highest BCUT2D eigenvalue weighted by Crippen LogP contribution is 2.21. The molecule has 0 saturated carbocycles. The summed E-state index contributed by atoms with van der Waals surface area (Å²) in [5.74, 6) is 0.901. The predicted octanol–water partition coefficient (Wildman–Crippen LogP) is 4.01. The molecule has 0 saturated heterocycles. The Morgan fingerprint density at radius 2 is 1.74 bits per heavy atom. The highest BCUT2D eigenvalue weighted by molar-refractivity contribution is 5.81. The molecule has 3 rings (SSSR count). The van der Waals surface area contributed by atoms with Crippen LogP contribution in [0.15, 0.2) is 54.6 Å². The molecule has 0 spiro atoms. The fourth-order valence-corrected chi connectivity index (χ4v) is 2.47. The Morgan fingerprint density at radius 3 is 2.47 bits per heavy atom. The minimum Gasteiger partial charge on any atom is -0.497 e. The molecular formula is C17H17NO. The molecule has 0 radical (unpaired) electrons. The van der Waals surface area contributed by atoms with Crippen molar-refractivity contribution in [1.29, 1.82) is 0 Å². The van der Waals surface area contributed by atoms with Gasteiger partial charge in [-0.2, -0.15) is 0 Å². The Labute approximate surface area is 113 Å². The Hall–Kier alpha value is -2.22. The molecule has 0 N–H and O–H groups in total. The maximum absolute atomic E-state index is 5.19. The lowest BCUT2D eigenvalue weighted by Crippen LogP contribution is -2.01. The van der Waals surface area contributed by atoms with Crippen molar-refractivity contribution in [1.82, 2.24) is 4.57 Å². The molecule has 1 heterocycles. The Kier molecular flexibility index (Phi) is 3.00. The molecule has 2 nitrogen and oxygen atoms in total. The van der Waals surface area contributed by atoms with Crippen LogP contribution in [0.1, 0.15) is 11.3 Å². The van der Waals surface area contributed by atoms with Crippen molar-refractivity contribution < 1.29 is 4.74 Å². The van der Waals surface area contributed by atoms with Gasteiger partial charge in [-0.15, -0.1) is 0 Å². The molecule has 96 valence electrons. The van der Waals surface area contributed by atoms with E-state index in [4.69, 9.17) is 4.74 Å². The number of hydrogen-bond donors (Lipinski definition) is 0. The maximum Gasteiger partial charge on any atom is 0.118 e. The highest BCUT2D eigenvalue weighted by atomic mass is 16.5. The minimum atomic E-state index is 0.892. The van der Waals surface area contributed by atoms with Crippen molar-refractivity contribution in [3.05, 3.63) is 65.9 Å². The van der Waals surface area contributed by atoms with E-state index in [2.05, 4.69) is 54.0 Å². The SMILES string of the molecule is COc1ccc(Cn2c(C)cc3ccccc32)cc1. The third-order valence-corrected chi connectivity index (χ3v) is 3.52. The lowest BCUT2D eigenvalue weighted by molar-refractivity contribution is 0.414. The van der Waals surface area contributed by atoms with E-state index in [-0.39, 0.29) is 0 Å². The van der Waals surface area contributed by atoms with Gasteiger partial charge >= 0.3 is 0 Å². The van der Waals surface area contributed by atoms with E-state index in [1.54, 1.807) is 7.11 Å². The monoisotopic (exact) mass is 251 g/mol. The zero-order chi connectivity index (χ0) is 13.2. The normalized spacial score (nSPS) is 10.8. The molecule has 2 heteroatoms. The second-order valence-electron chi connectivity index (χ2n) is 4.78. The van der Waals surface area contributed by atoms with E-state index in [1.165, 1.54) is 22.2 Å². The molecule has 3 aromatic rings. The largest absolute Gasteiger partial charge is 0.497 e. The summed E-state index contributed by atoms with van der Waals surface area (Å²) in [5.41, 5.74) is 3.86. The van der Waals surface area contributed by atoms with Gasteiger partial charge in [-0.3, -0.25) is 0 Å². The second-order valence-corrected chi connectivity index (χ2v) is 4.78. The Bertz CT molecular complexity index is 695. The number of para-hydroxylation sites is 1. The van der Waals surface area contributed by atoms with Gasteiger partial charge in [0, 0.05) is 17.8 Å². The first kappa shape index (κ1) is 11.8. The predicted molar refractivity (Wildman–Crippen MR) is 78.8 cm³/mol. The van der Waals surface area contributed by atoms with Crippen LogP contribution in [0.4, 0.5) is 0 Å². The lowest BCUT2D eigenvalue weighted by atomic mass is 10.2. The van der Waals surface area contributed by atoms with Gasteiger partial charge < -0.3 is 9.30 Å². The molecule has 0 fully saturated rings. The zero-order valence-corrected chi connectivity index (χ0v) is 11.3. The van der Waals surface area contributed by atoms with Crippen molar-refractivity contribution in [2.75, 3.05) is 7.11 Å². The van der Waals surface area contributed by atoms with Crippen molar-refractivity contribution in [3.8, 4) is 5.75 Å². The quantitative estimate of drug-likeness (QED) is 0.686. The zero-order valence-electron chi connectivity index (χ0n) is 11.3. The van der Waals surface area contributed by atoms with Gasteiger partial charge in [0.1, 0.15) is 5.75 Å². The number of benzene rings is 2. The summed E-state index contributed by atoms with van der Waals surface area (Å²) in [4.78, 5) is 0. The molecule has 1 aromatic heterocycles. The fraction of sp³-hybridized carbons (Fsp3) is 0.176. The van der Waals surface area contributed by atoms with Crippen molar-refractivity contribution in [2.45, 2.75) is 13.5 Å². The average Bonchev–Trinajstić information content (AvgIpc) is 2.76. The van der Waals surface area contributed by atoms with Gasteiger partial charge in [-0.05, 0) is 42.1 Å². The number of ether oxygens (including phenoxy) is 1. The van der Waals surface area contributed by atoms with Crippen molar-refractivity contribution >= 4 is 10.9 Å². The van der Waals surface area contributed by atoms with Gasteiger partial charge in [-0.1, -0.05) is 30.3 Å². The van der Waals surface area contributed by atoms with Gasteiger partial charge in [-0.25, -0.2) is 0 Å². The summed E-state index contributed by atoms with van der Waals surface area (Å²) >= 11 is 0. The number of rotatable bonds is 3. The third kappa shape index (κ3) is 2.22. The maximum atomic E-state index is 5.19. The van der Waals surface area contributed by atoms with Crippen LogP contribution in [0.5, 0.6) is 5.75 Å². The molecule has 0 aliphatic rings. The van der Waals surface area contributed by atoms with Crippen LogP contribution in [0, 0.1) is 6.92 Å². The molecule has 19 heavy (non-hydrogen) atoms. The van der Waals surface area contributed by atoms with E-state index < -0.39 is 0 Å². The summed E-state index contributed by atoms with van der Waals surface area (Å²) in [7, 11) is 1.69. The summed E-state index contributed by atoms with van der Waals surface area (Å²) < 4.78 is 7.54. The Morgan fingerprint density at radius 1 is 1.00 bits per heavy atom. The summed E-state index contributed by atoms with van der Waals surface area (Å²) in [6.45, 7) is 3.05. The second kappa shape index (κ2) is 4.81. The number of hydrogen-bond acceptors (Lipinski definition) is 1. The number of methoxy groups -OCH3 is 1. The smallest absolute Gasteiger partial charge is 0.118 e. The highest BCUT2D eigenvalue weighted by Gasteiger charge is 2.05. The first-order valence-electron chi connectivity index (χ1n) is 6.46. The standard InChI is InChI=1S/C17H17NO/c1-13-11-15-5-3-4-6-17(15)18(13)12-14-7-9-16(19-2)10-8-14/h3-11H,12H2,1-2H3. The number of aryl methyl sites for hydroxylation is 1. The number of aromatic nitrogens is 1. The van der Waals surface area contributed by atoms with Gasteiger partial charge in [0.05, 0.1) is 7.11 Å². The van der Waals surface area contributed by atoms with Gasteiger partial charge in [0.25, 0.3) is 0 Å². The molecule has 2 aromatic carbocycles. The lowest BCUT2D eigenvalue weighted by Gasteiger charge is -2.09. The summed E-state index contributed by atoms with van der Waals surface area (Å²) in [5, 5.41) is 1.30. The van der Waals surface area contributed by atoms with Gasteiger partial charge in [0.15, 0.2) is 0 Å². The third-order valence-electron chi connectivity index (χ3n) is 3.52. The minimum absolute atomic E-state index is 0.892. The van der Waals surface area contributed by atoms with Crippen LogP contribution in [-0.4, -0.2) is 11.7 Å². The van der Waals surface area contributed by atoms with Crippen LogP contribution in [0.25, 0.3) is 10.9 Å². The van der Waals surface area contributed by atoms with Crippen LogP contribution in [0.3, 0.4) is 0 Å². The van der Waals surface area contributed by atoms with Crippen molar-refractivity contribution in [3.63, 3.8) is 0 Å². The number of fused-ring (bicyclic) bond motifs is 1. The van der Waals surface area contributed by atoms with E-state index >= 15 is 0 Å². The molecule has 0 unspecified atom stereocenters. The fourth-order valence-electron chi connectivity index (χ4n) is 2.47. The van der Waals surface area contributed by atoms with Crippen LogP contribution < -0.4 is 4.74 Å². The topological polar surface area (TPSA) is 14.2 Å². The molecule has 0 aliphatic heterocycles.